The Bertz CT molecular complexity index is 1010. The van der Waals surface area contributed by atoms with Crippen LogP contribution in [0, 0.1) is 6.92 Å². The van der Waals surface area contributed by atoms with Crippen LogP contribution in [0.5, 0.6) is 5.75 Å². The maximum absolute atomic E-state index is 12.0. The van der Waals surface area contributed by atoms with Crippen LogP contribution in [0.25, 0.3) is 11.1 Å². The van der Waals surface area contributed by atoms with Crippen molar-refractivity contribution < 1.29 is 19.1 Å². The maximum Gasteiger partial charge on any atom is 0.419 e. The molecule has 26 heavy (non-hydrogen) atoms. The Morgan fingerprint density at radius 1 is 1.38 bits per heavy atom. The Kier molecular flexibility index (Phi) is 4.94. The van der Waals surface area contributed by atoms with E-state index in [0.29, 0.717) is 17.0 Å². The van der Waals surface area contributed by atoms with Crippen molar-refractivity contribution in [2.75, 3.05) is 0 Å². The van der Waals surface area contributed by atoms with Gasteiger partial charge in [0, 0.05) is 12.6 Å². The van der Waals surface area contributed by atoms with Crippen molar-refractivity contribution in [1.82, 2.24) is 14.8 Å². The van der Waals surface area contributed by atoms with Gasteiger partial charge in [-0.25, -0.2) is 4.79 Å². The first-order valence-electron chi connectivity index (χ1n) is 7.86. The van der Waals surface area contributed by atoms with Gasteiger partial charge in [-0.05, 0) is 32.0 Å². The van der Waals surface area contributed by atoms with Crippen LogP contribution >= 0.6 is 11.6 Å². The molecule has 0 fully saturated rings. The van der Waals surface area contributed by atoms with E-state index in [1.807, 2.05) is 19.1 Å². The summed E-state index contributed by atoms with van der Waals surface area (Å²) in [6, 6.07) is 6.66. The summed E-state index contributed by atoms with van der Waals surface area (Å²) in [5.74, 6) is -1.33. The number of hydrogen-bond acceptors (Lipinski definition) is 6. The highest BCUT2D eigenvalue weighted by atomic mass is 35.5. The third kappa shape index (κ3) is 3.70. The van der Waals surface area contributed by atoms with E-state index in [1.54, 1.807) is 6.92 Å². The van der Waals surface area contributed by atoms with Gasteiger partial charge < -0.3 is 14.3 Å². The first-order valence-corrected chi connectivity index (χ1v) is 8.24. The van der Waals surface area contributed by atoms with E-state index in [0.717, 1.165) is 5.69 Å². The van der Waals surface area contributed by atoms with E-state index < -0.39 is 17.8 Å². The van der Waals surface area contributed by atoms with Gasteiger partial charge >= 0.3 is 11.7 Å². The lowest BCUT2D eigenvalue weighted by Crippen LogP contribution is -2.16. The molecule has 2 heterocycles. The van der Waals surface area contributed by atoms with Gasteiger partial charge in [0.25, 0.3) is 0 Å². The van der Waals surface area contributed by atoms with E-state index >= 15 is 0 Å². The molecule has 1 atom stereocenters. The number of nitrogens with zero attached hydrogens (tertiary/aromatic N) is 3. The molecule has 2 aromatic heterocycles. The molecule has 0 aliphatic rings. The lowest BCUT2D eigenvalue weighted by atomic mass is 10.2. The summed E-state index contributed by atoms with van der Waals surface area (Å²) in [5, 5.41) is 17.1. The average Bonchev–Trinajstić information content (AvgIpc) is 2.88. The van der Waals surface area contributed by atoms with Gasteiger partial charge in [0.1, 0.15) is 17.5 Å². The number of aliphatic carboxylic acids is 1. The summed E-state index contributed by atoms with van der Waals surface area (Å²) in [6.07, 6.45) is -0.619. The molecule has 0 spiro atoms. The number of hydrogen-bond donors (Lipinski definition) is 1. The van der Waals surface area contributed by atoms with E-state index in [-0.39, 0.29) is 23.6 Å². The summed E-state index contributed by atoms with van der Waals surface area (Å²) in [5.41, 5.74) is 2.11. The Labute approximate surface area is 153 Å². The summed E-state index contributed by atoms with van der Waals surface area (Å²) in [6.45, 7) is 3.63. The SMILES string of the molecule is Cc1ccc([C@@H](C)Oc2cc3oc(=O)n(CCC(=O)O)c3cc2Cl)nn1. The first-order chi connectivity index (χ1) is 12.3. The van der Waals surface area contributed by atoms with Crippen LogP contribution in [-0.4, -0.2) is 25.8 Å². The molecule has 0 amide bonds. The van der Waals surface area contributed by atoms with Crippen molar-refractivity contribution in [3.8, 4) is 5.75 Å². The lowest BCUT2D eigenvalue weighted by molar-refractivity contribution is -0.137. The van der Waals surface area contributed by atoms with Crippen LogP contribution in [0.15, 0.2) is 33.5 Å². The highest BCUT2D eigenvalue weighted by Gasteiger charge is 2.17. The number of aromatic nitrogens is 3. The minimum Gasteiger partial charge on any atom is -0.483 e. The summed E-state index contributed by atoms with van der Waals surface area (Å²) in [7, 11) is 0. The topological polar surface area (TPSA) is 107 Å². The number of rotatable bonds is 6. The zero-order valence-corrected chi connectivity index (χ0v) is 14.9. The molecular formula is C17H16ClN3O5. The van der Waals surface area contributed by atoms with E-state index in [9.17, 15) is 9.59 Å². The average molecular weight is 378 g/mol. The number of carboxylic acid groups (broad SMARTS) is 1. The molecule has 3 aromatic rings. The lowest BCUT2D eigenvalue weighted by Gasteiger charge is -2.15. The highest BCUT2D eigenvalue weighted by Crippen LogP contribution is 2.32. The molecule has 0 bridgehead atoms. The molecule has 0 aliphatic heterocycles. The van der Waals surface area contributed by atoms with Gasteiger partial charge in [-0.1, -0.05) is 11.6 Å². The largest absolute Gasteiger partial charge is 0.483 e. The molecule has 0 aliphatic carbocycles. The number of ether oxygens (including phenoxy) is 1. The smallest absolute Gasteiger partial charge is 0.419 e. The third-order valence-corrected chi connectivity index (χ3v) is 4.11. The number of halogens is 1. The molecule has 0 radical (unpaired) electrons. The zero-order valence-electron chi connectivity index (χ0n) is 14.1. The predicted molar refractivity (Wildman–Crippen MR) is 93.5 cm³/mol. The van der Waals surface area contributed by atoms with Crippen LogP contribution in [0.1, 0.15) is 30.8 Å². The van der Waals surface area contributed by atoms with Crippen molar-refractivity contribution >= 4 is 28.7 Å². The minimum absolute atomic E-state index is 0.00689. The number of fused-ring (bicyclic) bond motifs is 1. The van der Waals surface area contributed by atoms with Crippen molar-refractivity contribution in [2.24, 2.45) is 0 Å². The second kappa shape index (κ2) is 7.17. The standard InChI is InChI=1S/C17H16ClN3O5/c1-9-3-4-12(20-19-9)10(2)25-14-8-15-13(7-11(14)18)21(17(24)26-15)6-5-16(22)23/h3-4,7-8,10H,5-6H2,1-2H3,(H,22,23)/t10-/m1/s1. The molecule has 136 valence electrons. The fourth-order valence-corrected chi connectivity index (χ4v) is 2.65. The molecule has 3 rings (SSSR count). The Morgan fingerprint density at radius 2 is 2.15 bits per heavy atom. The van der Waals surface area contributed by atoms with E-state index in [2.05, 4.69) is 10.2 Å². The second-order valence-electron chi connectivity index (χ2n) is 5.77. The number of oxazole rings is 1. The number of aryl methyl sites for hydroxylation is 2. The molecule has 0 saturated heterocycles. The van der Waals surface area contributed by atoms with Crippen molar-refractivity contribution in [1.29, 1.82) is 0 Å². The highest BCUT2D eigenvalue weighted by molar-refractivity contribution is 6.32. The van der Waals surface area contributed by atoms with Gasteiger partial charge in [-0.3, -0.25) is 9.36 Å². The second-order valence-corrected chi connectivity index (χ2v) is 6.18. The van der Waals surface area contributed by atoms with Crippen LogP contribution in [-0.2, 0) is 11.3 Å². The quantitative estimate of drug-likeness (QED) is 0.703. The Morgan fingerprint density at radius 3 is 2.81 bits per heavy atom. The predicted octanol–water partition coefficient (Wildman–Crippen LogP) is 2.96. The van der Waals surface area contributed by atoms with Crippen LogP contribution < -0.4 is 10.5 Å². The number of carbonyl (C=O) groups is 1. The summed E-state index contributed by atoms with van der Waals surface area (Å²) >= 11 is 6.27. The number of carboxylic acids is 1. The van der Waals surface area contributed by atoms with Gasteiger partial charge in [-0.2, -0.15) is 10.2 Å². The van der Waals surface area contributed by atoms with E-state index in [1.165, 1.54) is 16.7 Å². The minimum atomic E-state index is -1.01. The van der Waals surface area contributed by atoms with Gasteiger partial charge in [0.15, 0.2) is 5.58 Å². The Hall–Kier alpha value is -2.87. The fourth-order valence-electron chi connectivity index (χ4n) is 2.45. The molecule has 8 nitrogen and oxygen atoms in total. The normalized spacial score (nSPS) is 12.3. The monoisotopic (exact) mass is 377 g/mol. The van der Waals surface area contributed by atoms with Crippen molar-refractivity contribution in [3.63, 3.8) is 0 Å². The summed E-state index contributed by atoms with van der Waals surface area (Å²) in [4.78, 5) is 22.7. The van der Waals surface area contributed by atoms with Crippen LogP contribution in [0.3, 0.4) is 0 Å². The zero-order chi connectivity index (χ0) is 18.8. The van der Waals surface area contributed by atoms with Crippen molar-refractivity contribution in [2.45, 2.75) is 32.9 Å². The van der Waals surface area contributed by atoms with Gasteiger partial charge in [-0.15, -0.1) is 0 Å². The molecule has 1 N–H and O–H groups in total. The summed E-state index contributed by atoms with van der Waals surface area (Å²) < 4.78 is 12.2. The molecule has 0 saturated carbocycles. The molecule has 9 heteroatoms. The van der Waals surface area contributed by atoms with Gasteiger partial charge in [0.05, 0.1) is 22.7 Å². The maximum atomic E-state index is 12.0. The van der Waals surface area contributed by atoms with E-state index in [4.69, 9.17) is 25.9 Å². The van der Waals surface area contributed by atoms with Crippen molar-refractivity contribution in [3.05, 3.63) is 51.2 Å². The fraction of sp³-hybridized carbons (Fsp3) is 0.294. The third-order valence-electron chi connectivity index (χ3n) is 3.81. The van der Waals surface area contributed by atoms with Crippen LogP contribution in [0.4, 0.5) is 0 Å². The Balaban J connectivity index is 1.90. The molecular weight excluding hydrogens is 362 g/mol. The molecule has 1 aromatic carbocycles. The van der Waals surface area contributed by atoms with Gasteiger partial charge in [0.2, 0.25) is 0 Å². The first kappa shape index (κ1) is 17.9. The van der Waals surface area contributed by atoms with Crippen LogP contribution in [0.2, 0.25) is 5.02 Å². The molecule has 0 unspecified atom stereocenters. The number of benzene rings is 1.